The Morgan fingerprint density at radius 3 is 2.67 bits per heavy atom. The number of carbonyl (C=O) groups is 1. The van der Waals surface area contributed by atoms with Crippen molar-refractivity contribution in [3.05, 3.63) is 28.8 Å². The molecule has 0 aliphatic carbocycles. The second kappa shape index (κ2) is 6.40. The second-order valence-electron chi connectivity index (χ2n) is 4.79. The average Bonchev–Trinajstić information content (AvgIpc) is 2.31. The third-order valence-corrected chi connectivity index (χ3v) is 2.92. The van der Waals surface area contributed by atoms with E-state index in [1.165, 1.54) is 0 Å². The molecule has 0 radical (unpaired) electrons. The van der Waals surface area contributed by atoms with Crippen LogP contribution in [0.4, 0.5) is 5.69 Å². The fourth-order valence-electron chi connectivity index (χ4n) is 1.82. The summed E-state index contributed by atoms with van der Waals surface area (Å²) in [4.78, 5) is 12.0. The topological polar surface area (TPSA) is 64.3 Å². The Morgan fingerprint density at radius 1 is 1.39 bits per heavy atom. The van der Waals surface area contributed by atoms with Crippen LogP contribution in [0.2, 0.25) is 0 Å². The van der Waals surface area contributed by atoms with Crippen LogP contribution in [-0.4, -0.2) is 26.2 Å². The number of ether oxygens (including phenoxy) is 1. The van der Waals surface area contributed by atoms with E-state index in [2.05, 4.69) is 5.32 Å². The molecule has 0 aromatic heterocycles. The Labute approximate surface area is 109 Å². The van der Waals surface area contributed by atoms with Crippen molar-refractivity contribution in [2.75, 3.05) is 26.0 Å². The molecule has 1 rings (SSSR count). The van der Waals surface area contributed by atoms with Gasteiger partial charge in [0.2, 0.25) is 0 Å². The summed E-state index contributed by atoms with van der Waals surface area (Å²) in [6.07, 6.45) is 0. The van der Waals surface area contributed by atoms with Crippen LogP contribution in [0.15, 0.2) is 12.1 Å². The third kappa shape index (κ3) is 3.74. The van der Waals surface area contributed by atoms with E-state index in [9.17, 15) is 4.79 Å². The first-order valence-electron chi connectivity index (χ1n) is 6.09. The van der Waals surface area contributed by atoms with E-state index in [0.717, 1.165) is 11.1 Å². The van der Waals surface area contributed by atoms with Gasteiger partial charge < -0.3 is 15.8 Å². The number of amides is 1. The molecule has 0 aliphatic heterocycles. The van der Waals surface area contributed by atoms with E-state index in [1.54, 1.807) is 13.2 Å². The van der Waals surface area contributed by atoms with E-state index >= 15 is 0 Å². The molecule has 4 heteroatoms. The summed E-state index contributed by atoms with van der Waals surface area (Å²) in [6, 6.07) is 3.67. The van der Waals surface area contributed by atoms with Crippen molar-refractivity contribution in [3.8, 4) is 0 Å². The van der Waals surface area contributed by atoms with E-state index in [4.69, 9.17) is 10.5 Å². The van der Waals surface area contributed by atoms with Gasteiger partial charge in [0, 0.05) is 24.9 Å². The highest BCUT2D eigenvalue weighted by molar-refractivity contribution is 5.96. The summed E-state index contributed by atoms with van der Waals surface area (Å²) in [5.41, 5.74) is 9.06. The third-order valence-electron chi connectivity index (χ3n) is 2.92. The number of hydrogen-bond donors (Lipinski definition) is 2. The van der Waals surface area contributed by atoms with Crippen molar-refractivity contribution in [1.82, 2.24) is 5.32 Å². The van der Waals surface area contributed by atoms with Crippen molar-refractivity contribution in [3.63, 3.8) is 0 Å². The monoisotopic (exact) mass is 250 g/mol. The fourth-order valence-corrected chi connectivity index (χ4v) is 1.82. The molecular formula is C14H22N2O2. The molecule has 0 spiro atoms. The van der Waals surface area contributed by atoms with E-state index in [-0.39, 0.29) is 5.91 Å². The number of nitrogens with one attached hydrogen (secondary N) is 1. The fraction of sp³-hybridized carbons (Fsp3) is 0.500. The molecule has 0 bridgehead atoms. The number of nitrogens with two attached hydrogens (primary N) is 1. The lowest BCUT2D eigenvalue weighted by Crippen LogP contribution is -2.30. The van der Waals surface area contributed by atoms with Gasteiger partial charge in [-0.05, 0) is 37.0 Å². The van der Waals surface area contributed by atoms with Gasteiger partial charge in [-0.1, -0.05) is 13.0 Å². The van der Waals surface area contributed by atoms with Crippen molar-refractivity contribution < 1.29 is 9.53 Å². The second-order valence-corrected chi connectivity index (χ2v) is 4.79. The first-order valence-corrected chi connectivity index (χ1v) is 6.09. The molecule has 0 saturated heterocycles. The van der Waals surface area contributed by atoms with Gasteiger partial charge in [-0.25, -0.2) is 0 Å². The standard InChI is InChI=1S/C14H22N2O2/c1-9(8-18-4)7-16-14(17)12-6-13(15)11(3)5-10(12)2/h5-6,9H,7-8,15H2,1-4H3,(H,16,17). The van der Waals surface area contributed by atoms with E-state index < -0.39 is 0 Å². The van der Waals surface area contributed by atoms with Crippen molar-refractivity contribution in [2.45, 2.75) is 20.8 Å². The van der Waals surface area contributed by atoms with Gasteiger partial charge in [0.1, 0.15) is 0 Å². The van der Waals surface area contributed by atoms with Crippen LogP contribution in [0.5, 0.6) is 0 Å². The molecule has 0 heterocycles. The Balaban J connectivity index is 2.70. The Kier molecular flexibility index (Phi) is 5.16. The van der Waals surface area contributed by atoms with Crippen LogP contribution in [0.1, 0.15) is 28.4 Å². The highest BCUT2D eigenvalue weighted by Crippen LogP contribution is 2.17. The van der Waals surface area contributed by atoms with Crippen LogP contribution in [-0.2, 0) is 4.74 Å². The van der Waals surface area contributed by atoms with E-state index in [1.807, 2.05) is 26.8 Å². The number of benzene rings is 1. The zero-order valence-corrected chi connectivity index (χ0v) is 11.5. The lowest BCUT2D eigenvalue weighted by Gasteiger charge is -2.13. The number of rotatable bonds is 5. The predicted octanol–water partition coefficient (Wildman–Crippen LogP) is 1.90. The maximum atomic E-state index is 12.0. The van der Waals surface area contributed by atoms with Crippen LogP contribution >= 0.6 is 0 Å². The molecule has 1 aromatic rings. The zero-order valence-electron chi connectivity index (χ0n) is 11.5. The molecule has 1 atom stereocenters. The largest absolute Gasteiger partial charge is 0.398 e. The Hall–Kier alpha value is -1.55. The SMILES string of the molecule is COCC(C)CNC(=O)c1cc(N)c(C)cc1C. The summed E-state index contributed by atoms with van der Waals surface area (Å²) in [5.74, 6) is 0.212. The van der Waals surface area contributed by atoms with Gasteiger partial charge in [-0.3, -0.25) is 4.79 Å². The number of methoxy groups -OCH3 is 1. The van der Waals surface area contributed by atoms with Crippen molar-refractivity contribution in [1.29, 1.82) is 0 Å². The number of anilines is 1. The lowest BCUT2D eigenvalue weighted by atomic mass is 10.0. The van der Waals surface area contributed by atoms with Crippen LogP contribution in [0, 0.1) is 19.8 Å². The minimum Gasteiger partial charge on any atom is -0.398 e. The highest BCUT2D eigenvalue weighted by Gasteiger charge is 2.11. The van der Waals surface area contributed by atoms with Crippen LogP contribution in [0.25, 0.3) is 0 Å². The number of carbonyl (C=O) groups excluding carboxylic acids is 1. The Bertz CT molecular complexity index is 430. The zero-order chi connectivity index (χ0) is 13.7. The van der Waals surface area contributed by atoms with Gasteiger partial charge in [0.15, 0.2) is 0 Å². The highest BCUT2D eigenvalue weighted by atomic mass is 16.5. The van der Waals surface area contributed by atoms with E-state index in [0.29, 0.717) is 30.3 Å². The van der Waals surface area contributed by atoms with Crippen LogP contribution < -0.4 is 11.1 Å². The minimum absolute atomic E-state index is 0.0813. The average molecular weight is 250 g/mol. The van der Waals surface area contributed by atoms with Gasteiger partial charge in [-0.15, -0.1) is 0 Å². The van der Waals surface area contributed by atoms with Gasteiger partial charge in [-0.2, -0.15) is 0 Å². The Morgan fingerprint density at radius 2 is 2.06 bits per heavy atom. The predicted molar refractivity (Wildman–Crippen MR) is 73.7 cm³/mol. The normalized spacial score (nSPS) is 12.2. The summed E-state index contributed by atoms with van der Waals surface area (Å²) < 4.78 is 5.03. The molecule has 0 fully saturated rings. The maximum absolute atomic E-state index is 12.0. The molecule has 4 nitrogen and oxygen atoms in total. The van der Waals surface area contributed by atoms with Crippen LogP contribution in [0.3, 0.4) is 0 Å². The number of aryl methyl sites for hydroxylation is 2. The summed E-state index contributed by atoms with van der Waals surface area (Å²) >= 11 is 0. The van der Waals surface area contributed by atoms with Crippen molar-refractivity contribution in [2.24, 2.45) is 5.92 Å². The summed E-state index contributed by atoms with van der Waals surface area (Å²) in [6.45, 7) is 7.11. The lowest BCUT2D eigenvalue weighted by molar-refractivity contribution is 0.0933. The molecule has 18 heavy (non-hydrogen) atoms. The first kappa shape index (κ1) is 14.5. The summed E-state index contributed by atoms with van der Waals surface area (Å²) in [7, 11) is 1.66. The number of nitrogen functional groups attached to an aromatic ring is 1. The molecule has 3 N–H and O–H groups in total. The quantitative estimate of drug-likeness (QED) is 0.784. The number of hydrogen-bond acceptors (Lipinski definition) is 3. The molecule has 1 unspecified atom stereocenters. The minimum atomic E-state index is -0.0813. The first-order chi connectivity index (χ1) is 8.45. The molecule has 1 amide bonds. The smallest absolute Gasteiger partial charge is 0.251 e. The van der Waals surface area contributed by atoms with Gasteiger partial charge in [0.05, 0.1) is 6.61 Å². The van der Waals surface area contributed by atoms with Gasteiger partial charge in [0.25, 0.3) is 5.91 Å². The molecular weight excluding hydrogens is 228 g/mol. The molecule has 100 valence electrons. The molecule has 0 saturated carbocycles. The summed E-state index contributed by atoms with van der Waals surface area (Å²) in [5, 5.41) is 2.90. The molecule has 0 aliphatic rings. The van der Waals surface area contributed by atoms with Gasteiger partial charge >= 0.3 is 0 Å². The molecule has 1 aromatic carbocycles. The maximum Gasteiger partial charge on any atom is 0.251 e. The van der Waals surface area contributed by atoms with Crippen molar-refractivity contribution >= 4 is 11.6 Å².